The normalized spacial score (nSPS) is 17.1. The Morgan fingerprint density at radius 1 is 1.33 bits per heavy atom. The molecule has 0 aliphatic carbocycles. The van der Waals surface area contributed by atoms with Crippen molar-refractivity contribution in [1.29, 1.82) is 0 Å². The lowest BCUT2D eigenvalue weighted by Crippen LogP contribution is -2.48. The first-order chi connectivity index (χ1) is 12.9. The summed E-state index contributed by atoms with van der Waals surface area (Å²) in [5, 5.41) is 10.1. The first kappa shape index (κ1) is 18.9. The highest BCUT2D eigenvalue weighted by molar-refractivity contribution is 5.85. The van der Waals surface area contributed by atoms with Crippen molar-refractivity contribution in [2.24, 2.45) is 0 Å². The molecule has 1 N–H and O–H groups in total. The Labute approximate surface area is 156 Å². The van der Waals surface area contributed by atoms with E-state index in [0.29, 0.717) is 29.9 Å². The molecule has 3 rings (SSSR count). The second kappa shape index (κ2) is 7.82. The molecule has 1 aromatic heterocycles. The predicted molar refractivity (Wildman–Crippen MR) is 99.1 cm³/mol. The van der Waals surface area contributed by atoms with Gasteiger partial charge in [0.25, 0.3) is 0 Å². The summed E-state index contributed by atoms with van der Waals surface area (Å²) in [5.74, 6) is -0.619. The van der Waals surface area contributed by atoms with E-state index in [1.807, 2.05) is 13.0 Å². The van der Waals surface area contributed by atoms with Crippen LogP contribution in [0.2, 0.25) is 0 Å². The third kappa shape index (κ3) is 3.82. The summed E-state index contributed by atoms with van der Waals surface area (Å²) in [4.78, 5) is 37.8. The van der Waals surface area contributed by atoms with Crippen molar-refractivity contribution in [1.82, 2.24) is 4.90 Å². The van der Waals surface area contributed by atoms with Crippen LogP contribution in [0, 0.1) is 6.92 Å². The molecule has 1 amide bonds. The van der Waals surface area contributed by atoms with E-state index < -0.39 is 17.6 Å². The molecular weight excluding hydrogens is 350 g/mol. The molecule has 27 heavy (non-hydrogen) atoms. The lowest BCUT2D eigenvalue weighted by atomic mass is 9.99. The number of piperidine rings is 1. The monoisotopic (exact) mass is 373 g/mol. The van der Waals surface area contributed by atoms with Crippen LogP contribution in [-0.4, -0.2) is 41.6 Å². The van der Waals surface area contributed by atoms with E-state index in [1.165, 1.54) is 12.0 Å². The zero-order chi connectivity index (χ0) is 19.6. The van der Waals surface area contributed by atoms with Gasteiger partial charge in [0, 0.05) is 30.0 Å². The molecule has 1 aliphatic rings. The van der Waals surface area contributed by atoms with E-state index in [4.69, 9.17) is 9.15 Å². The second-order valence-electron chi connectivity index (χ2n) is 6.79. The van der Waals surface area contributed by atoms with Crippen molar-refractivity contribution in [3.63, 3.8) is 0 Å². The van der Waals surface area contributed by atoms with Gasteiger partial charge in [-0.2, -0.15) is 0 Å². The number of amides is 1. The number of hydrogen-bond donors (Lipinski definition) is 1. The summed E-state index contributed by atoms with van der Waals surface area (Å²) in [6.07, 6.45) is 2.38. The minimum Gasteiger partial charge on any atom is -0.497 e. The molecule has 1 aliphatic heterocycles. The standard InChI is InChI=1S/C20H23NO6/c1-12-14-7-6-13(26-2)11-17(14)27-20(25)15(12)8-9-18(22)21-10-4-3-5-16(21)19(23)24/h6-7,11,16H,3-5,8-10H2,1-2H3,(H,23,24)/t16-/m0/s1. The fourth-order valence-electron chi connectivity index (χ4n) is 3.65. The Kier molecular flexibility index (Phi) is 5.48. The van der Waals surface area contributed by atoms with E-state index in [9.17, 15) is 19.5 Å². The van der Waals surface area contributed by atoms with Crippen LogP contribution in [-0.2, 0) is 16.0 Å². The van der Waals surface area contributed by atoms with Crippen LogP contribution in [0.3, 0.4) is 0 Å². The Bertz CT molecular complexity index is 932. The maximum atomic E-state index is 12.6. The molecule has 144 valence electrons. The average molecular weight is 373 g/mol. The zero-order valence-corrected chi connectivity index (χ0v) is 15.5. The molecule has 7 heteroatoms. The van der Waals surface area contributed by atoms with Crippen molar-refractivity contribution in [3.8, 4) is 5.75 Å². The van der Waals surface area contributed by atoms with Gasteiger partial charge in [0.2, 0.25) is 5.91 Å². The summed E-state index contributed by atoms with van der Waals surface area (Å²) in [6, 6.07) is 4.50. The number of aryl methyl sites for hydroxylation is 1. The number of carbonyl (C=O) groups is 2. The number of ether oxygens (including phenoxy) is 1. The van der Waals surface area contributed by atoms with Crippen LogP contribution in [0.25, 0.3) is 11.0 Å². The molecule has 0 saturated carbocycles. The van der Waals surface area contributed by atoms with Gasteiger partial charge in [-0.15, -0.1) is 0 Å². The van der Waals surface area contributed by atoms with Crippen LogP contribution >= 0.6 is 0 Å². The number of methoxy groups -OCH3 is 1. The van der Waals surface area contributed by atoms with Gasteiger partial charge < -0.3 is 19.2 Å². The van der Waals surface area contributed by atoms with Crippen molar-refractivity contribution in [2.45, 2.75) is 45.1 Å². The van der Waals surface area contributed by atoms with E-state index >= 15 is 0 Å². The molecule has 0 unspecified atom stereocenters. The van der Waals surface area contributed by atoms with Gasteiger partial charge in [0.15, 0.2) is 0 Å². The number of fused-ring (bicyclic) bond motifs is 1. The molecular formula is C20H23NO6. The van der Waals surface area contributed by atoms with Crippen LogP contribution in [0.1, 0.15) is 36.8 Å². The van der Waals surface area contributed by atoms with Gasteiger partial charge in [-0.1, -0.05) is 0 Å². The third-order valence-corrected chi connectivity index (χ3v) is 5.19. The third-order valence-electron chi connectivity index (χ3n) is 5.19. The highest BCUT2D eigenvalue weighted by Crippen LogP contribution is 2.25. The molecule has 0 spiro atoms. The molecule has 1 fully saturated rings. The lowest BCUT2D eigenvalue weighted by molar-refractivity contribution is -0.152. The number of benzene rings is 1. The van der Waals surface area contributed by atoms with Gasteiger partial charge in [0.05, 0.1) is 7.11 Å². The Balaban J connectivity index is 1.81. The molecule has 1 atom stereocenters. The van der Waals surface area contributed by atoms with Crippen molar-refractivity contribution < 1.29 is 23.8 Å². The Morgan fingerprint density at radius 3 is 2.81 bits per heavy atom. The topological polar surface area (TPSA) is 97.0 Å². The summed E-state index contributed by atoms with van der Waals surface area (Å²) < 4.78 is 10.5. The van der Waals surface area contributed by atoms with E-state index in [0.717, 1.165) is 23.8 Å². The Hall–Kier alpha value is -2.83. The second-order valence-corrected chi connectivity index (χ2v) is 6.79. The van der Waals surface area contributed by atoms with E-state index in [1.54, 1.807) is 12.1 Å². The molecule has 2 aromatic rings. The average Bonchev–Trinajstić information content (AvgIpc) is 2.67. The number of carbonyl (C=O) groups excluding carboxylic acids is 1. The number of likely N-dealkylation sites (tertiary alicyclic amines) is 1. The van der Waals surface area contributed by atoms with Crippen LogP contribution in [0.4, 0.5) is 0 Å². The maximum absolute atomic E-state index is 12.6. The number of nitrogens with zero attached hydrogens (tertiary/aromatic N) is 1. The van der Waals surface area contributed by atoms with Gasteiger partial charge in [-0.05, 0) is 50.3 Å². The zero-order valence-electron chi connectivity index (χ0n) is 15.5. The fraction of sp³-hybridized carbons (Fsp3) is 0.450. The number of carboxylic acids is 1. The van der Waals surface area contributed by atoms with Gasteiger partial charge in [-0.3, -0.25) is 4.79 Å². The maximum Gasteiger partial charge on any atom is 0.339 e. The fourth-order valence-corrected chi connectivity index (χ4v) is 3.65. The first-order valence-electron chi connectivity index (χ1n) is 9.05. The van der Waals surface area contributed by atoms with Crippen LogP contribution in [0.5, 0.6) is 5.75 Å². The molecule has 7 nitrogen and oxygen atoms in total. The molecule has 1 saturated heterocycles. The number of rotatable bonds is 5. The Morgan fingerprint density at radius 2 is 2.11 bits per heavy atom. The number of hydrogen-bond acceptors (Lipinski definition) is 5. The van der Waals surface area contributed by atoms with Crippen molar-refractivity contribution >= 4 is 22.8 Å². The van der Waals surface area contributed by atoms with Crippen molar-refractivity contribution in [3.05, 3.63) is 39.7 Å². The van der Waals surface area contributed by atoms with Gasteiger partial charge >= 0.3 is 11.6 Å². The van der Waals surface area contributed by atoms with Gasteiger partial charge in [0.1, 0.15) is 17.4 Å². The van der Waals surface area contributed by atoms with Crippen LogP contribution < -0.4 is 10.4 Å². The van der Waals surface area contributed by atoms with Gasteiger partial charge in [-0.25, -0.2) is 9.59 Å². The SMILES string of the molecule is COc1ccc2c(C)c(CCC(=O)N3CCCC[C@H]3C(=O)O)c(=O)oc2c1. The summed E-state index contributed by atoms with van der Waals surface area (Å²) in [6.45, 7) is 2.27. The first-order valence-corrected chi connectivity index (χ1v) is 9.05. The summed E-state index contributed by atoms with van der Waals surface area (Å²) in [5.41, 5.74) is 1.18. The number of carboxylic acid groups (broad SMARTS) is 1. The minimum absolute atomic E-state index is 0.0804. The minimum atomic E-state index is -0.974. The highest BCUT2D eigenvalue weighted by Gasteiger charge is 2.31. The summed E-state index contributed by atoms with van der Waals surface area (Å²) >= 11 is 0. The van der Waals surface area contributed by atoms with E-state index in [2.05, 4.69) is 0 Å². The number of aliphatic carboxylic acids is 1. The van der Waals surface area contributed by atoms with Crippen molar-refractivity contribution in [2.75, 3.05) is 13.7 Å². The quantitative estimate of drug-likeness (QED) is 0.809. The lowest BCUT2D eigenvalue weighted by Gasteiger charge is -2.33. The largest absolute Gasteiger partial charge is 0.497 e. The molecule has 1 aromatic carbocycles. The van der Waals surface area contributed by atoms with Crippen LogP contribution in [0.15, 0.2) is 27.4 Å². The predicted octanol–water partition coefficient (Wildman–Crippen LogP) is 2.51. The highest BCUT2D eigenvalue weighted by atomic mass is 16.5. The van der Waals surface area contributed by atoms with E-state index in [-0.39, 0.29) is 18.7 Å². The smallest absolute Gasteiger partial charge is 0.339 e. The molecule has 2 heterocycles. The summed E-state index contributed by atoms with van der Waals surface area (Å²) in [7, 11) is 1.54. The molecule has 0 radical (unpaired) electrons. The molecule has 0 bridgehead atoms.